The van der Waals surface area contributed by atoms with Gasteiger partial charge in [-0.2, -0.15) is 5.26 Å². The minimum absolute atomic E-state index is 0.0752. The minimum atomic E-state index is -0.378. The second-order valence-corrected chi connectivity index (χ2v) is 3.47. The summed E-state index contributed by atoms with van der Waals surface area (Å²) in [6.45, 7) is 1.78. The summed E-state index contributed by atoms with van der Waals surface area (Å²) in [4.78, 5) is 11.1. The Hall–Kier alpha value is -1.53. The molecule has 1 aromatic rings. The van der Waals surface area contributed by atoms with Crippen LogP contribution in [0.1, 0.15) is 16.7 Å². The summed E-state index contributed by atoms with van der Waals surface area (Å²) in [5, 5.41) is 9.42. The predicted molar refractivity (Wildman–Crippen MR) is 56.6 cm³/mol. The van der Waals surface area contributed by atoms with Crippen LogP contribution in [-0.4, -0.2) is 13.1 Å². The maximum absolute atomic E-state index is 11.1. The summed E-state index contributed by atoms with van der Waals surface area (Å²) in [5.74, 6) is -0.378. The molecule has 0 fully saturated rings. The minimum Gasteiger partial charge on any atom is -0.469 e. The van der Waals surface area contributed by atoms with Crippen LogP contribution < -0.4 is 0 Å². The normalized spacial score (nSPS) is 9.47. The van der Waals surface area contributed by atoms with Crippen LogP contribution in [0.4, 0.5) is 0 Å². The van der Waals surface area contributed by atoms with E-state index < -0.39 is 0 Å². The van der Waals surface area contributed by atoms with Gasteiger partial charge in [-0.05, 0) is 30.2 Å². The number of nitriles is 1. The molecule has 0 saturated carbocycles. The first-order valence-electron chi connectivity index (χ1n) is 4.35. The van der Waals surface area contributed by atoms with E-state index >= 15 is 0 Å². The predicted octanol–water partition coefficient (Wildman–Crippen LogP) is 2.24. The van der Waals surface area contributed by atoms with Crippen molar-refractivity contribution in [1.82, 2.24) is 0 Å². The fourth-order valence-electron chi connectivity index (χ4n) is 1.28. The van der Waals surface area contributed by atoms with Gasteiger partial charge in [0.05, 0.1) is 25.2 Å². The van der Waals surface area contributed by atoms with Crippen molar-refractivity contribution in [2.24, 2.45) is 0 Å². The Morgan fingerprint density at radius 1 is 1.60 bits per heavy atom. The number of hydrogen-bond donors (Lipinski definition) is 0. The molecule has 1 aromatic carbocycles. The Labute approximate surface area is 93.2 Å². The number of ether oxygens (including phenoxy) is 1. The van der Waals surface area contributed by atoms with Crippen molar-refractivity contribution in [2.45, 2.75) is 13.3 Å². The maximum atomic E-state index is 11.1. The van der Waals surface area contributed by atoms with Gasteiger partial charge < -0.3 is 4.74 Å². The Bertz CT molecular complexity index is 435. The zero-order chi connectivity index (χ0) is 11.4. The van der Waals surface area contributed by atoms with E-state index in [-0.39, 0.29) is 12.4 Å². The molecule has 0 aliphatic carbocycles. The molecule has 78 valence electrons. The highest BCUT2D eigenvalue weighted by Crippen LogP contribution is 2.23. The number of carbonyl (C=O) groups excluding carboxylic acids is 1. The lowest BCUT2D eigenvalue weighted by molar-refractivity contribution is -0.139. The summed E-state index contributed by atoms with van der Waals surface area (Å²) >= 11 is 5.91. The summed E-state index contributed by atoms with van der Waals surface area (Å²) in [5.41, 5.74) is 1.85. The highest BCUT2D eigenvalue weighted by Gasteiger charge is 2.12. The van der Waals surface area contributed by atoms with Crippen LogP contribution in [0, 0.1) is 18.3 Å². The summed E-state index contributed by atoms with van der Waals surface area (Å²) < 4.78 is 4.56. The van der Waals surface area contributed by atoms with E-state index in [0.717, 1.165) is 5.56 Å². The molecule has 0 bridgehead atoms. The van der Waals surface area contributed by atoms with Crippen LogP contribution in [0.25, 0.3) is 0 Å². The summed E-state index contributed by atoms with van der Waals surface area (Å²) in [6.07, 6.45) is 0.0752. The van der Waals surface area contributed by atoms with Gasteiger partial charge in [0.2, 0.25) is 0 Å². The molecular weight excluding hydrogens is 214 g/mol. The first-order valence-corrected chi connectivity index (χ1v) is 4.72. The third-order valence-corrected chi connectivity index (χ3v) is 2.61. The van der Waals surface area contributed by atoms with Gasteiger partial charge in [-0.15, -0.1) is 0 Å². The number of rotatable bonds is 2. The van der Waals surface area contributed by atoms with Crippen LogP contribution in [0.15, 0.2) is 12.1 Å². The standard InChI is InChI=1S/C11H10ClNO2/c1-7-9(5-11(14)15-2)8(6-13)3-4-10(7)12/h3-4H,5H2,1-2H3. The number of methoxy groups -OCH3 is 1. The first-order chi connectivity index (χ1) is 7.10. The number of halogens is 1. The molecule has 0 saturated heterocycles. The van der Waals surface area contributed by atoms with Crippen molar-refractivity contribution in [3.05, 3.63) is 33.8 Å². The molecule has 1 rings (SSSR count). The average molecular weight is 224 g/mol. The lowest BCUT2D eigenvalue weighted by atomic mass is 10.00. The Balaban J connectivity index is 3.19. The maximum Gasteiger partial charge on any atom is 0.310 e. The zero-order valence-corrected chi connectivity index (χ0v) is 9.26. The van der Waals surface area contributed by atoms with Gasteiger partial charge >= 0.3 is 5.97 Å². The van der Waals surface area contributed by atoms with Crippen molar-refractivity contribution in [1.29, 1.82) is 5.26 Å². The molecule has 0 radical (unpaired) electrons. The molecule has 0 unspecified atom stereocenters. The van der Waals surface area contributed by atoms with Crippen molar-refractivity contribution in [2.75, 3.05) is 7.11 Å². The number of hydrogen-bond acceptors (Lipinski definition) is 3. The van der Waals surface area contributed by atoms with E-state index in [2.05, 4.69) is 4.74 Å². The van der Waals surface area contributed by atoms with E-state index in [1.807, 2.05) is 6.07 Å². The number of nitrogens with zero attached hydrogens (tertiary/aromatic N) is 1. The van der Waals surface area contributed by atoms with E-state index in [1.165, 1.54) is 7.11 Å². The van der Waals surface area contributed by atoms with E-state index in [0.29, 0.717) is 16.1 Å². The van der Waals surface area contributed by atoms with Gasteiger partial charge in [-0.25, -0.2) is 0 Å². The number of carbonyl (C=O) groups is 1. The first kappa shape index (κ1) is 11.5. The van der Waals surface area contributed by atoms with Crippen LogP contribution in [0.3, 0.4) is 0 Å². The topological polar surface area (TPSA) is 50.1 Å². The third-order valence-electron chi connectivity index (χ3n) is 2.20. The summed E-state index contributed by atoms with van der Waals surface area (Å²) in [7, 11) is 1.31. The Kier molecular flexibility index (Phi) is 3.70. The van der Waals surface area contributed by atoms with Gasteiger partial charge in [0.1, 0.15) is 0 Å². The highest BCUT2D eigenvalue weighted by molar-refractivity contribution is 6.31. The molecule has 15 heavy (non-hydrogen) atoms. The molecule has 0 heterocycles. The molecule has 4 heteroatoms. The fourth-order valence-corrected chi connectivity index (χ4v) is 1.45. The lowest BCUT2D eigenvalue weighted by Crippen LogP contribution is -2.07. The van der Waals surface area contributed by atoms with Crippen molar-refractivity contribution >= 4 is 17.6 Å². The van der Waals surface area contributed by atoms with Gasteiger partial charge in [-0.3, -0.25) is 4.79 Å². The zero-order valence-electron chi connectivity index (χ0n) is 8.50. The van der Waals surface area contributed by atoms with Crippen LogP contribution in [0.5, 0.6) is 0 Å². The molecule has 0 amide bonds. The van der Waals surface area contributed by atoms with Gasteiger partial charge in [0.25, 0.3) is 0 Å². The molecule has 0 aliphatic heterocycles. The second kappa shape index (κ2) is 4.81. The molecule has 0 aliphatic rings. The van der Waals surface area contributed by atoms with Gasteiger partial charge in [0.15, 0.2) is 0 Å². The van der Waals surface area contributed by atoms with Crippen LogP contribution in [-0.2, 0) is 16.0 Å². The van der Waals surface area contributed by atoms with Crippen LogP contribution >= 0.6 is 11.6 Å². The molecule has 0 atom stereocenters. The molecule has 0 aromatic heterocycles. The SMILES string of the molecule is COC(=O)Cc1c(C#N)ccc(Cl)c1C. The lowest BCUT2D eigenvalue weighted by Gasteiger charge is -2.08. The Morgan fingerprint density at radius 2 is 2.27 bits per heavy atom. The Morgan fingerprint density at radius 3 is 2.80 bits per heavy atom. The van der Waals surface area contributed by atoms with Crippen molar-refractivity contribution < 1.29 is 9.53 Å². The quantitative estimate of drug-likeness (QED) is 0.723. The highest BCUT2D eigenvalue weighted by atomic mass is 35.5. The van der Waals surface area contributed by atoms with E-state index in [9.17, 15) is 4.79 Å². The van der Waals surface area contributed by atoms with E-state index in [4.69, 9.17) is 16.9 Å². The van der Waals surface area contributed by atoms with Crippen molar-refractivity contribution in [3.63, 3.8) is 0 Å². The van der Waals surface area contributed by atoms with Crippen molar-refractivity contribution in [3.8, 4) is 6.07 Å². The second-order valence-electron chi connectivity index (χ2n) is 3.06. The average Bonchev–Trinajstić information content (AvgIpc) is 2.25. The fraction of sp³-hybridized carbons (Fsp3) is 0.273. The molecule has 0 spiro atoms. The van der Waals surface area contributed by atoms with Crippen LogP contribution in [0.2, 0.25) is 5.02 Å². The monoisotopic (exact) mass is 223 g/mol. The van der Waals surface area contributed by atoms with Gasteiger partial charge in [-0.1, -0.05) is 11.6 Å². The van der Waals surface area contributed by atoms with Gasteiger partial charge in [0, 0.05) is 5.02 Å². The number of esters is 1. The van der Waals surface area contributed by atoms with E-state index in [1.54, 1.807) is 19.1 Å². The smallest absolute Gasteiger partial charge is 0.310 e. The third kappa shape index (κ3) is 2.48. The molecular formula is C11H10ClNO2. The summed E-state index contributed by atoms with van der Waals surface area (Å²) in [6, 6.07) is 5.28. The molecule has 3 nitrogen and oxygen atoms in total. The number of benzene rings is 1. The largest absolute Gasteiger partial charge is 0.469 e. The molecule has 0 N–H and O–H groups in total.